The van der Waals surface area contributed by atoms with Crippen molar-refractivity contribution in [2.75, 3.05) is 19.7 Å². The summed E-state index contributed by atoms with van der Waals surface area (Å²) in [5.74, 6) is 1.21. The zero-order chi connectivity index (χ0) is 24.3. The zero-order valence-corrected chi connectivity index (χ0v) is 19.7. The van der Waals surface area contributed by atoms with Crippen molar-refractivity contribution in [2.45, 2.75) is 39.2 Å². The molecule has 1 amide bonds. The molecule has 1 fully saturated rings. The number of aromatic amines is 1. The van der Waals surface area contributed by atoms with E-state index in [0.717, 1.165) is 29.7 Å². The van der Waals surface area contributed by atoms with Crippen molar-refractivity contribution >= 4 is 23.1 Å². The van der Waals surface area contributed by atoms with Crippen LogP contribution in [0.3, 0.4) is 0 Å². The zero-order valence-electron chi connectivity index (χ0n) is 19.7. The largest absolute Gasteiger partial charge is 0.528 e. The van der Waals surface area contributed by atoms with E-state index in [0.29, 0.717) is 36.6 Å². The Morgan fingerprint density at radius 1 is 1.18 bits per heavy atom. The highest BCUT2D eigenvalue weighted by atomic mass is 16.8. The molecule has 2 aromatic carbocycles. The highest BCUT2D eigenvalue weighted by molar-refractivity contribution is 5.96. The average molecular weight is 467 g/mol. The number of hydrogen-bond acceptors (Lipinski definition) is 7. The molecule has 0 saturated carbocycles. The number of piperidine rings is 1. The number of H-pyrrole nitrogens is 1. The van der Waals surface area contributed by atoms with Crippen LogP contribution in [0.4, 0.5) is 4.79 Å². The highest BCUT2D eigenvalue weighted by Crippen LogP contribution is 2.25. The summed E-state index contributed by atoms with van der Waals surface area (Å²) < 4.78 is 11.2. The summed E-state index contributed by atoms with van der Waals surface area (Å²) in [4.78, 5) is 36.5. The molecule has 9 heteroatoms. The average Bonchev–Trinajstić information content (AvgIpc) is 3.20. The first-order valence-corrected chi connectivity index (χ1v) is 11.3. The molecule has 9 nitrogen and oxygen atoms in total. The lowest BCUT2D eigenvalue weighted by atomic mass is 10.0. The predicted octanol–water partition coefficient (Wildman–Crippen LogP) is 4.29. The molecule has 180 valence electrons. The van der Waals surface area contributed by atoms with E-state index >= 15 is 0 Å². The van der Waals surface area contributed by atoms with Crippen LogP contribution in [-0.4, -0.2) is 52.4 Å². The topological polar surface area (TPSA) is 120 Å². The lowest BCUT2D eigenvalue weighted by molar-refractivity contribution is -0.160. The molecule has 0 spiro atoms. The Labute approximate surface area is 198 Å². The Balaban J connectivity index is 1.32. The van der Waals surface area contributed by atoms with Gasteiger partial charge in [-0.05, 0) is 76.1 Å². The van der Waals surface area contributed by atoms with Gasteiger partial charge in [-0.25, -0.2) is 9.78 Å². The van der Waals surface area contributed by atoms with Gasteiger partial charge in [-0.1, -0.05) is 0 Å². The Bertz CT molecular complexity index is 1170. The summed E-state index contributed by atoms with van der Waals surface area (Å²) in [6.45, 7) is 7.22. The maximum Gasteiger partial charge on any atom is 0.528 e. The monoisotopic (exact) mass is 466 g/mol. The van der Waals surface area contributed by atoms with Gasteiger partial charge in [0.15, 0.2) is 0 Å². The van der Waals surface area contributed by atoms with Crippen molar-refractivity contribution in [3.05, 3.63) is 48.0 Å². The number of primary amides is 1. The van der Waals surface area contributed by atoms with Gasteiger partial charge >= 0.3 is 6.16 Å². The molecule has 3 N–H and O–H groups in total. The van der Waals surface area contributed by atoms with Gasteiger partial charge < -0.3 is 25.0 Å². The van der Waals surface area contributed by atoms with Crippen molar-refractivity contribution in [1.29, 1.82) is 0 Å². The SMILES string of the molecule is CC(C)(C)OC(=O)ON1CCCC(COc2ccc(-c3nc4cc(C(N)=O)ccc4[nH]3)cc2)C1. The molecule has 34 heavy (non-hydrogen) atoms. The lowest BCUT2D eigenvalue weighted by Crippen LogP contribution is -2.40. The maximum absolute atomic E-state index is 11.9. The maximum atomic E-state index is 11.9. The number of fused-ring (bicyclic) bond motifs is 1. The number of imidazole rings is 1. The second-order valence-electron chi connectivity index (χ2n) is 9.47. The number of nitrogens with two attached hydrogens (primary N) is 1. The number of rotatable bonds is 6. The first kappa shape index (κ1) is 23.6. The number of carbonyl (C=O) groups excluding carboxylic acids is 2. The molecule has 4 rings (SSSR count). The molecular weight excluding hydrogens is 436 g/mol. The normalized spacial score (nSPS) is 16.9. The van der Waals surface area contributed by atoms with E-state index in [-0.39, 0.29) is 5.92 Å². The molecule has 0 radical (unpaired) electrons. The van der Waals surface area contributed by atoms with Crippen LogP contribution in [-0.2, 0) is 9.57 Å². The number of carbonyl (C=O) groups is 2. The van der Waals surface area contributed by atoms with Gasteiger partial charge in [-0.2, -0.15) is 0 Å². The van der Waals surface area contributed by atoms with Gasteiger partial charge in [0.05, 0.1) is 17.6 Å². The van der Waals surface area contributed by atoms with Crippen LogP contribution in [0.1, 0.15) is 44.0 Å². The van der Waals surface area contributed by atoms with Crippen LogP contribution in [0, 0.1) is 5.92 Å². The summed E-state index contributed by atoms with van der Waals surface area (Å²) in [6.07, 6.45) is 1.23. The van der Waals surface area contributed by atoms with E-state index in [9.17, 15) is 9.59 Å². The fourth-order valence-corrected chi connectivity index (χ4v) is 3.84. The molecule has 1 aromatic heterocycles. The summed E-state index contributed by atoms with van der Waals surface area (Å²) >= 11 is 0. The van der Waals surface area contributed by atoms with E-state index in [1.54, 1.807) is 44.0 Å². The number of ether oxygens (including phenoxy) is 2. The molecule has 1 saturated heterocycles. The minimum atomic E-state index is -0.680. The van der Waals surface area contributed by atoms with E-state index in [1.807, 2.05) is 24.3 Å². The smallest absolute Gasteiger partial charge is 0.493 e. The Morgan fingerprint density at radius 2 is 1.94 bits per heavy atom. The minimum Gasteiger partial charge on any atom is -0.493 e. The molecule has 1 aliphatic heterocycles. The van der Waals surface area contributed by atoms with Gasteiger partial charge in [-0.15, -0.1) is 5.06 Å². The Hall–Kier alpha value is -3.59. The van der Waals surface area contributed by atoms with Crippen molar-refractivity contribution in [2.24, 2.45) is 11.7 Å². The number of hydrogen-bond donors (Lipinski definition) is 2. The molecule has 1 atom stereocenters. The van der Waals surface area contributed by atoms with Gasteiger partial charge in [-0.3, -0.25) is 4.79 Å². The van der Waals surface area contributed by atoms with E-state index in [1.165, 1.54) is 0 Å². The van der Waals surface area contributed by atoms with Crippen molar-refractivity contribution in [3.63, 3.8) is 0 Å². The van der Waals surface area contributed by atoms with Crippen molar-refractivity contribution in [3.8, 4) is 17.1 Å². The quantitative estimate of drug-likeness (QED) is 0.520. The second kappa shape index (κ2) is 9.72. The van der Waals surface area contributed by atoms with Gasteiger partial charge in [0.2, 0.25) is 5.91 Å². The van der Waals surface area contributed by atoms with Crippen LogP contribution in [0.25, 0.3) is 22.4 Å². The fourth-order valence-electron chi connectivity index (χ4n) is 3.84. The number of amides is 1. The summed E-state index contributed by atoms with van der Waals surface area (Å²) in [7, 11) is 0. The number of benzene rings is 2. The summed E-state index contributed by atoms with van der Waals surface area (Å²) in [6, 6.07) is 12.8. The number of nitrogens with zero attached hydrogens (tertiary/aromatic N) is 2. The number of nitrogens with one attached hydrogen (secondary N) is 1. The van der Waals surface area contributed by atoms with Crippen LogP contribution in [0.15, 0.2) is 42.5 Å². The van der Waals surface area contributed by atoms with Gasteiger partial charge in [0.1, 0.15) is 17.2 Å². The summed E-state index contributed by atoms with van der Waals surface area (Å²) in [5.41, 5.74) is 7.60. The number of hydroxylamine groups is 2. The fraction of sp³-hybridized carbons (Fsp3) is 0.400. The van der Waals surface area contributed by atoms with E-state index in [4.69, 9.17) is 20.0 Å². The molecule has 0 bridgehead atoms. The molecule has 3 aromatic rings. The Morgan fingerprint density at radius 3 is 2.65 bits per heavy atom. The molecular formula is C25H30N4O5. The highest BCUT2D eigenvalue weighted by Gasteiger charge is 2.26. The molecule has 1 unspecified atom stereocenters. The van der Waals surface area contributed by atoms with Crippen LogP contribution < -0.4 is 10.5 Å². The number of aromatic nitrogens is 2. The third kappa shape index (κ3) is 6.05. The lowest BCUT2D eigenvalue weighted by Gasteiger charge is -2.31. The third-order valence-corrected chi connectivity index (χ3v) is 5.46. The van der Waals surface area contributed by atoms with Gasteiger partial charge in [0, 0.05) is 30.1 Å². The van der Waals surface area contributed by atoms with Crippen molar-refractivity contribution in [1.82, 2.24) is 15.0 Å². The molecule has 1 aliphatic rings. The van der Waals surface area contributed by atoms with Crippen LogP contribution in [0.5, 0.6) is 5.75 Å². The molecule has 0 aliphatic carbocycles. The minimum absolute atomic E-state index is 0.241. The van der Waals surface area contributed by atoms with Crippen LogP contribution >= 0.6 is 0 Å². The first-order valence-electron chi connectivity index (χ1n) is 11.3. The third-order valence-electron chi connectivity index (χ3n) is 5.46. The first-order chi connectivity index (χ1) is 16.2. The standard InChI is InChI=1S/C25H30N4O5/c1-25(2,3)33-24(31)34-29-12-4-5-16(14-29)15-32-19-9-6-17(7-10-19)23-27-20-11-8-18(22(26)30)13-21(20)28-23/h6-11,13,16H,4-5,12,14-15H2,1-3H3,(H2,26,30)(H,27,28). The van der Waals surface area contributed by atoms with Gasteiger partial charge in [0.25, 0.3) is 0 Å². The summed E-state index contributed by atoms with van der Waals surface area (Å²) in [5, 5.41) is 1.65. The van der Waals surface area contributed by atoms with Crippen LogP contribution in [0.2, 0.25) is 0 Å². The van der Waals surface area contributed by atoms with Crippen molar-refractivity contribution < 1.29 is 23.9 Å². The Kier molecular flexibility index (Phi) is 6.74. The predicted molar refractivity (Wildman–Crippen MR) is 127 cm³/mol. The van der Waals surface area contributed by atoms with E-state index < -0.39 is 17.7 Å². The second-order valence-corrected chi connectivity index (χ2v) is 9.47. The molecule has 2 heterocycles. The van der Waals surface area contributed by atoms with E-state index in [2.05, 4.69) is 9.97 Å².